The van der Waals surface area contributed by atoms with E-state index in [9.17, 15) is 4.79 Å². The van der Waals surface area contributed by atoms with E-state index in [1.165, 1.54) is 11.1 Å². The number of carbonyl (C=O) groups is 1. The monoisotopic (exact) mass is 372 g/mol. The number of hydrogen-bond acceptors (Lipinski definition) is 2. The molecule has 0 bridgehead atoms. The molecule has 3 rings (SSSR count). The van der Waals surface area contributed by atoms with Crippen molar-refractivity contribution in [1.82, 2.24) is 4.90 Å². The van der Waals surface area contributed by atoms with Gasteiger partial charge in [0, 0.05) is 29.8 Å². The van der Waals surface area contributed by atoms with E-state index < -0.39 is 0 Å². The second kappa shape index (κ2) is 6.85. The summed E-state index contributed by atoms with van der Waals surface area (Å²) in [6.45, 7) is 6.53. The number of benzene rings is 2. The number of amides is 1. The van der Waals surface area contributed by atoms with Gasteiger partial charge in [0.1, 0.15) is 0 Å². The van der Waals surface area contributed by atoms with Crippen molar-refractivity contribution >= 4 is 27.5 Å². The van der Waals surface area contributed by atoms with E-state index in [2.05, 4.69) is 52.0 Å². The summed E-state index contributed by atoms with van der Waals surface area (Å²) in [6.07, 6.45) is 0. The Balaban J connectivity index is 1.73. The third kappa shape index (κ3) is 3.65. The number of nitrogens with zero attached hydrogens (tertiary/aromatic N) is 2. The van der Waals surface area contributed by atoms with Crippen LogP contribution in [0.4, 0.5) is 5.69 Å². The van der Waals surface area contributed by atoms with E-state index in [1.807, 2.05) is 36.1 Å². The van der Waals surface area contributed by atoms with E-state index in [0.717, 1.165) is 29.8 Å². The number of halogens is 1. The van der Waals surface area contributed by atoms with Crippen molar-refractivity contribution < 1.29 is 4.79 Å². The van der Waals surface area contributed by atoms with Gasteiger partial charge in [0.25, 0.3) is 0 Å². The molecule has 3 nitrogen and oxygen atoms in total. The molecule has 1 amide bonds. The highest BCUT2D eigenvalue weighted by molar-refractivity contribution is 9.10. The van der Waals surface area contributed by atoms with Gasteiger partial charge in [0.05, 0.1) is 6.04 Å². The fourth-order valence-corrected chi connectivity index (χ4v) is 3.46. The van der Waals surface area contributed by atoms with Crippen LogP contribution in [0.3, 0.4) is 0 Å². The van der Waals surface area contributed by atoms with Crippen molar-refractivity contribution in [3.63, 3.8) is 0 Å². The topological polar surface area (TPSA) is 23.6 Å². The third-order valence-corrected chi connectivity index (χ3v) is 4.86. The fraction of sp³-hybridized carbons (Fsp3) is 0.316. The van der Waals surface area contributed by atoms with Crippen molar-refractivity contribution in [2.24, 2.45) is 0 Å². The summed E-state index contributed by atoms with van der Waals surface area (Å²) < 4.78 is 0.998. The number of piperazine rings is 1. The second-order valence-electron chi connectivity index (χ2n) is 6.11. The maximum atomic E-state index is 12.8. The average Bonchev–Trinajstić information content (AvgIpc) is 2.52. The number of aryl methyl sites for hydroxylation is 1. The summed E-state index contributed by atoms with van der Waals surface area (Å²) in [7, 11) is 0. The number of anilines is 1. The summed E-state index contributed by atoms with van der Waals surface area (Å²) in [6, 6.07) is 16.3. The minimum atomic E-state index is -0.108. The lowest BCUT2D eigenvalue weighted by Gasteiger charge is -2.39. The zero-order valence-corrected chi connectivity index (χ0v) is 15.1. The van der Waals surface area contributed by atoms with Crippen LogP contribution in [0.2, 0.25) is 0 Å². The van der Waals surface area contributed by atoms with Gasteiger partial charge in [-0.3, -0.25) is 9.69 Å². The van der Waals surface area contributed by atoms with Crippen LogP contribution >= 0.6 is 15.9 Å². The average molecular weight is 373 g/mol. The molecule has 1 saturated heterocycles. The minimum absolute atomic E-state index is 0.108. The predicted octanol–water partition coefficient (Wildman–Crippen LogP) is 3.99. The number of hydrogen-bond donors (Lipinski definition) is 0. The summed E-state index contributed by atoms with van der Waals surface area (Å²) >= 11 is 3.48. The second-order valence-corrected chi connectivity index (χ2v) is 7.02. The zero-order valence-electron chi connectivity index (χ0n) is 13.5. The van der Waals surface area contributed by atoms with Crippen LogP contribution in [0.5, 0.6) is 0 Å². The molecule has 4 heteroatoms. The van der Waals surface area contributed by atoms with Crippen molar-refractivity contribution in [3.05, 3.63) is 64.1 Å². The van der Waals surface area contributed by atoms with Crippen molar-refractivity contribution in [3.8, 4) is 0 Å². The first-order valence-electron chi connectivity index (χ1n) is 7.91. The molecule has 1 heterocycles. The number of rotatable bonds is 3. The smallest absolute Gasteiger partial charge is 0.244 e. The quantitative estimate of drug-likeness (QED) is 0.812. The van der Waals surface area contributed by atoms with Crippen LogP contribution < -0.4 is 4.90 Å². The summed E-state index contributed by atoms with van der Waals surface area (Å²) in [5, 5.41) is 0. The highest BCUT2D eigenvalue weighted by atomic mass is 79.9. The summed E-state index contributed by atoms with van der Waals surface area (Å²) in [5.74, 6) is 0.169. The van der Waals surface area contributed by atoms with Gasteiger partial charge >= 0.3 is 0 Å². The highest BCUT2D eigenvalue weighted by Gasteiger charge is 2.32. The van der Waals surface area contributed by atoms with E-state index in [1.54, 1.807) is 0 Å². The largest absolute Gasteiger partial charge is 0.310 e. The first kappa shape index (κ1) is 16.2. The molecule has 0 aromatic heterocycles. The van der Waals surface area contributed by atoms with Crippen LogP contribution in [0.25, 0.3) is 0 Å². The first-order valence-corrected chi connectivity index (χ1v) is 8.70. The highest BCUT2D eigenvalue weighted by Crippen LogP contribution is 2.24. The molecule has 2 aromatic rings. The predicted molar refractivity (Wildman–Crippen MR) is 97.5 cm³/mol. The maximum Gasteiger partial charge on any atom is 0.244 e. The lowest BCUT2D eigenvalue weighted by atomic mass is 10.1. The van der Waals surface area contributed by atoms with E-state index >= 15 is 0 Å². The van der Waals surface area contributed by atoms with Gasteiger partial charge in [-0.1, -0.05) is 51.8 Å². The Morgan fingerprint density at radius 2 is 1.91 bits per heavy atom. The number of carbonyl (C=O) groups excluding carboxylic acids is 1. The van der Waals surface area contributed by atoms with Gasteiger partial charge in [-0.05, 0) is 37.6 Å². The Hall–Kier alpha value is -1.65. The molecule has 0 N–H and O–H groups in total. The Morgan fingerprint density at radius 3 is 2.65 bits per heavy atom. The molecule has 1 atom stereocenters. The molecular weight excluding hydrogens is 352 g/mol. The Labute approximate surface area is 146 Å². The standard InChI is InChI=1S/C19H21BrN2O/c1-14-5-3-6-16(11-14)13-21-9-10-22(19(23)15(21)2)18-8-4-7-17(20)12-18/h3-8,11-12,15H,9-10,13H2,1-2H3. The lowest BCUT2D eigenvalue weighted by molar-refractivity contribution is -0.125. The zero-order chi connectivity index (χ0) is 16.4. The van der Waals surface area contributed by atoms with Gasteiger partial charge < -0.3 is 4.90 Å². The molecule has 120 valence electrons. The maximum absolute atomic E-state index is 12.8. The molecule has 0 saturated carbocycles. The molecule has 1 unspecified atom stereocenters. The summed E-state index contributed by atoms with van der Waals surface area (Å²) in [5.41, 5.74) is 3.49. The van der Waals surface area contributed by atoms with Gasteiger partial charge in [-0.2, -0.15) is 0 Å². The molecule has 2 aromatic carbocycles. The molecule has 0 aliphatic carbocycles. The Kier molecular flexibility index (Phi) is 4.83. The summed E-state index contributed by atoms with van der Waals surface area (Å²) in [4.78, 5) is 16.9. The van der Waals surface area contributed by atoms with Gasteiger partial charge in [0.15, 0.2) is 0 Å². The molecule has 1 aliphatic rings. The SMILES string of the molecule is Cc1cccc(CN2CCN(c3cccc(Br)c3)C(=O)C2C)c1. The van der Waals surface area contributed by atoms with Crippen LogP contribution in [-0.2, 0) is 11.3 Å². The molecule has 1 aliphatic heterocycles. The van der Waals surface area contributed by atoms with E-state index in [4.69, 9.17) is 0 Å². The van der Waals surface area contributed by atoms with E-state index in [0.29, 0.717) is 0 Å². The molecule has 0 radical (unpaired) electrons. The van der Waals surface area contributed by atoms with Gasteiger partial charge in [-0.25, -0.2) is 0 Å². The van der Waals surface area contributed by atoms with Crippen LogP contribution in [-0.4, -0.2) is 29.9 Å². The minimum Gasteiger partial charge on any atom is -0.310 e. The normalized spacial score (nSPS) is 19.2. The molecule has 0 spiro atoms. The molecular formula is C19H21BrN2O. The Morgan fingerprint density at radius 1 is 1.13 bits per heavy atom. The van der Waals surface area contributed by atoms with Gasteiger partial charge in [-0.15, -0.1) is 0 Å². The Bertz CT molecular complexity index is 716. The van der Waals surface area contributed by atoms with Gasteiger partial charge in [0.2, 0.25) is 5.91 Å². The lowest BCUT2D eigenvalue weighted by Crippen LogP contribution is -2.55. The van der Waals surface area contributed by atoms with Crippen molar-refractivity contribution in [1.29, 1.82) is 0 Å². The third-order valence-electron chi connectivity index (χ3n) is 4.37. The van der Waals surface area contributed by atoms with E-state index in [-0.39, 0.29) is 11.9 Å². The van der Waals surface area contributed by atoms with Crippen molar-refractivity contribution in [2.75, 3.05) is 18.0 Å². The molecule has 1 fully saturated rings. The van der Waals surface area contributed by atoms with Crippen LogP contribution in [0.1, 0.15) is 18.1 Å². The molecule has 23 heavy (non-hydrogen) atoms. The van der Waals surface area contributed by atoms with Crippen molar-refractivity contribution in [2.45, 2.75) is 26.4 Å². The van der Waals surface area contributed by atoms with Crippen LogP contribution in [0, 0.1) is 6.92 Å². The van der Waals surface area contributed by atoms with Crippen LogP contribution in [0.15, 0.2) is 53.0 Å². The fourth-order valence-electron chi connectivity index (χ4n) is 3.08. The first-order chi connectivity index (χ1) is 11.0.